The van der Waals surface area contributed by atoms with Crippen molar-refractivity contribution in [2.45, 2.75) is 38.8 Å². The van der Waals surface area contributed by atoms with Crippen molar-refractivity contribution in [2.24, 2.45) is 22.8 Å². The summed E-state index contributed by atoms with van der Waals surface area (Å²) >= 11 is 0. The SMILES string of the molecule is CC(C)(C)CCN1CC2C(N)C2(N)C1. The molecule has 14 heavy (non-hydrogen) atoms. The van der Waals surface area contributed by atoms with Crippen molar-refractivity contribution >= 4 is 0 Å². The van der Waals surface area contributed by atoms with Crippen LogP contribution >= 0.6 is 0 Å². The lowest BCUT2D eigenvalue weighted by Gasteiger charge is -2.25. The van der Waals surface area contributed by atoms with Crippen LogP contribution in [0.5, 0.6) is 0 Å². The molecule has 82 valence electrons. The predicted octanol–water partition coefficient (Wildman–Crippen LogP) is 0.393. The van der Waals surface area contributed by atoms with E-state index in [1.807, 2.05) is 0 Å². The van der Waals surface area contributed by atoms with Gasteiger partial charge in [0.1, 0.15) is 0 Å². The lowest BCUT2D eigenvalue weighted by Crippen LogP contribution is -2.41. The maximum Gasteiger partial charge on any atom is 0.0497 e. The van der Waals surface area contributed by atoms with Crippen molar-refractivity contribution in [1.29, 1.82) is 0 Å². The summed E-state index contributed by atoms with van der Waals surface area (Å²) < 4.78 is 0. The van der Waals surface area contributed by atoms with Gasteiger partial charge in [-0.25, -0.2) is 0 Å². The molecule has 0 aromatic carbocycles. The maximum atomic E-state index is 6.16. The number of hydrogen-bond donors (Lipinski definition) is 2. The minimum atomic E-state index is -0.0299. The van der Waals surface area contributed by atoms with Gasteiger partial charge in [-0.2, -0.15) is 0 Å². The molecule has 1 aliphatic heterocycles. The summed E-state index contributed by atoms with van der Waals surface area (Å²) in [4.78, 5) is 2.47. The average Bonchev–Trinajstić information content (AvgIpc) is 2.45. The summed E-state index contributed by atoms with van der Waals surface area (Å²) in [6.45, 7) is 10.2. The van der Waals surface area contributed by atoms with Crippen molar-refractivity contribution in [3.05, 3.63) is 0 Å². The Morgan fingerprint density at radius 3 is 2.50 bits per heavy atom. The van der Waals surface area contributed by atoms with Gasteiger partial charge in [-0.05, 0) is 18.4 Å². The third kappa shape index (κ3) is 1.69. The number of rotatable bonds is 2. The quantitative estimate of drug-likeness (QED) is 0.673. The number of nitrogens with zero attached hydrogens (tertiary/aromatic N) is 1. The Labute approximate surface area is 86.8 Å². The number of fused-ring (bicyclic) bond motifs is 1. The molecule has 3 atom stereocenters. The Morgan fingerprint density at radius 2 is 2.07 bits per heavy atom. The number of piperidine rings is 1. The smallest absolute Gasteiger partial charge is 0.0497 e. The zero-order chi connectivity index (χ0) is 10.6. The Hall–Kier alpha value is -0.120. The Morgan fingerprint density at radius 1 is 1.43 bits per heavy atom. The molecule has 1 aliphatic carbocycles. The summed E-state index contributed by atoms with van der Waals surface area (Å²) in [5, 5.41) is 0. The van der Waals surface area contributed by atoms with Crippen LogP contribution in [-0.2, 0) is 0 Å². The van der Waals surface area contributed by atoms with Crippen LogP contribution in [-0.4, -0.2) is 36.1 Å². The minimum absolute atomic E-state index is 0.0299. The molecule has 3 heteroatoms. The first kappa shape index (κ1) is 10.4. The minimum Gasteiger partial charge on any atom is -0.326 e. The van der Waals surface area contributed by atoms with Gasteiger partial charge < -0.3 is 16.4 Å². The fourth-order valence-corrected chi connectivity index (χ4v) is 2.47. The Balaban J connectivity index is 1.77. The van der Waals surface area contributed by atoms with Gasteiger partial charge in [-0.15, -0.1) is 0 Å². The topological polar surface area (TPSA) is 55.3 Å². The van der Waals surface area contributed by atoms with E-state index in [-0.39, 0.29) is 11.6 Å². The number of hydrogen-bond acceptors (Lipinski definition) is 3. The molecule has 2 rings (SSSR count). The molecule has 0 amide bonds. The standard InChI is InChI=1S/C11H23N3/c1-10(2,3)4-5-14-6-8-9(12)11(8,13)7-14/h8-9H,4-7,12-13H2,1-3H3. The number of nitrogens with two attached hydrogens (primary N) is 2. The van der Waals surface area contributed by atoms with E-state index >= 15 is 0 Å². The second-order valence-electron chi connectivity index (χ2n) is 6.29. The third-order valence-corrected chi connectivity index (χ3v) is 3.77. The summed E-state index contributed by atoms with van der Waals surface area (Å²) in [5.74, 6) is 0.572. The van der Waals surface area contributed by atoms with Crippen LogP contribution < -0.4 is 11.5 Å². The molecule has 2 aliphatic rings. The molecule has 0 aromatic heterocycles. The molecular formula is C11H23N3. The molecule has 4 N–H and O–H groups in total. The molecule has 0 bridgehead atoms. The van der Waals surface area contributed by atoms with E-state index in [0.717, 1.165) is 13.1 Å². The molecule has 3 unspecified atom stereocenters. The summed E-state index contributed by atoms with van der Waals surface area (Å²) in [7, 11) is 0. The summed E-state index contributed by atoms with van der Waals surface area (Å²) in [6, 6.07) is 0.272. The van der Waals surface area contributed by atoms with Crippen LogP contribution in [0.3, 0.4) is 0 Å². The van der Waals surface area contributed by atoms with Crippen LogP contribution in [0.15, 0.2) is 0 Å². The van der Waals surface area contributed by atoms with Crippen LogP contribution in [0.2, 0.25) is 0 Å². The predicted molar refractivity (Wildman–Crippen MR) is 58.9 cm³/mol. The highest BCUT2D eigenvalue weighted by Crippen LogP contribution is 2.46. The van der Waals surface area contributed by atoms with Gasteiger partial charge in [0.25, 0.3) is 0 Å². The number of likely N-dealkylation sites (tertiary alicyclic amines) is 1. The fourth-order valence-electron chi connectivity index (χ4n) is 2.47. The first-order valence-electron chi connectivity index (χ1n) is 5.60. The molecule has 1 saturated carbocycles. The van der Waals surface area contributed by atoms with Gasteiger partial charge in [-0.3, -0.25) is 0 Å². The second kappa shape index (κ2) is 2.94. The van der Waals surface area contributed by atoms with Crippen molar-refractivity contribution in [3.8, 4) is 0 Å². The van der Waals surface area contributed by atoms with Gasteiger partial charge in [0.15, 0.2) is 0 Å². The van der Waals surface area contributed by atoms with Gasteiger partial charge in [0.05, 0.1) is 0 Å². The Kier molecular flexibility index (Phi) is 2.18. The van der Waals surface area contributed by atoms with Gasteiger partial charge >= 0.3 is 0 Å². The zero-order valence-electron chi connectivity index (χ0n) is 9.59. The molecular weight excluding hydrogens is 174 g/mol. The molecule has 3 nitrogen and oxygen atoms in total. The molecule has 0 aromatic rings. The summed E-state index contributed by atoms with van der Waals surface area (Å²) in [5.41, 5.74) is 12.5. The fraction of sp³-hybridized carbons (Fsp3) is 1.00. The highest BCUT2D eigenvalue weighted by molar-refractivity contribution is 5.25. The van der Waals surface area contributed by atoms with E-state index in [1.54, 1.807) is 0 Å². The van der Waals surface area contributed by atoms with Gasteiger partial charge in [0.2, 0.25) is 0 Å². The largest absolute Gasteiger partial charge is 0.326 e. The van der Waals surface area contributed by atoms with Crippen molar-refractivity contribution in [1.82, 2.24) is 4.90 Å². The molecule has 2 fully saturated rings. The van der Waals surface area contributed by atoms with E-state index in [9.17, 15) is 0 Å². The van der Waals surface area contributed by atoms with Crippen LogP contribution in [0.25, 0.3) is 0 Å². The van der Waals surface area contributed by atoms with E-state index in [2.05, 4.69) is 25.7 Å². The lowest BCUT2D eigenvalue weighted by atomic mass is 9.92. The monoisotopic (exact) mass is 197 g/mol. The van der Waals surface area contributed by atoms with Gasteiger partial charge in [0, 0.05) is 30.6 Å². The Bertz CT molecular complexity index is 233. The normalized spacial score (nSPS) is 42.6. The van der Waals surface area contributed by atoms with Crippen molar-refractivity contribution < 1.29 is 0 Å². The second-order valence-corrected chi connectivity index (χ2v) is 6.29. The van der Waals surface area contributed by atoms with E-state index in [0.29, 0.717) is 11.3 Å². The van der Waals surface area contributed by atoms with Crippen molar-refractivity contribution in [3.63, 3.8) is 0 Å². The molecule has 1 heterocycles. The zero-order valence-corrected chi connectivity index (χ0v) is 9.59. The van der Waals surface area contributed by atoms with Crippen LogP contribution in [0.4, 0.5) is 0 Å². The molecule has 0 radical (unpaired) electrons. The maximum absolute atomic E-state index is 6.16. The van der Waals surface area contributed by atoms with Gasteiger partial charge in [-0.1, -0.05) is 20.8 Å². The lowest BCUT2D eigenvalue weighted by molar-refractivity contribution is 0.239. The first-order chi connectivity index (χ1) is 6.33. The first-order valence-corrected chi connectivity index (χ1v) is 5.60. The highest BCUT2D eigenvalue weighted by atomic mass is 15.3. The van der Waals surface area contributed by atoms with E-state index in [1.165, 1.54) is 13.0 Å². The average molecular weight is 197 g/mol. The highest BCUT2D eigenvalue weighted by Gasteiger charge is 2.64. The van der Waals surface area contributed by atoms with E-state index in [4.69, 9.17) is 11.5 Å². The molecule has 0 spiro atoms. The van der Waals surface area contributed by atoms with E-state index < -0.39 is 0 Å². The van der Waals surface area contributed by atoms with Crippen LogP contribution in [0.1, 0.15) is 27.2 Å². The summed E-state index contributed by atoms with van der Waals surface area (Å²) in [6.07, 6.45) is 1.24. The molecule has 1 saturated heterocycles. The van der Waals surface area contributed by atoms with Crippen LogP contribution in [0, 0.1) is 11.3 Å². The third-order valence-electron chi connectivity index (χ3n) is 3.77. The van der Waals surface area contributed by atoms with Crippen molar-refractivity contribution in [2.75, 3.05) is 19.6 Å².